The minimum Gasteiger partial charge on any atom is -0.497 e. The van der Waals surface area contributed by atoms with E-state index < -0.39 is 22.5 Å². The van der Waals surface area contributed by atoms with Gasteiger partial charge >= 0.3 is 0 Å². The number of sulfonamides is 1. The molecule has 0 saturated carbocycles. The molecule has 3 aromatic carbocycles. The maximum Gasteiger partial charge on any atom is 0.243 e. The van der Waals surface area contributed by atoms with Crippen LogP contribution in [0.3, 0.4) is 0 Å². The average Bonchev–Trinajstić information content (AvgIpc) is 3.65. The van der Waals surface area contributed by atoms with Gasteiger partial charge in [0.1, 0.15) is 11.5 Å². The number of hydrogen-bond donors (Lipinski definition) is 1. The lowest BCUT2D eigenvalue weighted by atomic mass is 10.1. The van der Waals surface area contributed by atoms with Crippen LogP contribution in [0.2, 0.25) is 0 Å². The number of imidazole rings is 1. The van der Waals surface area contributed by atoms with E-state index in [0.29, 0.717) is 17.2 Å². The van der Waals surface area contributed by atoms with E-state index >= 15 is 0 Å². The van der Waals surface area contributed by atoms with E-state index in [1.165, 1.54) is 25.5 Å². The molecule has 2 heterocycles. The lowest BCUT2D eigenvalue weighted by Crippen LogP contribution is -2.37. The van der Waals surface area contributed by atoms with Crippen LogP contribution in [0.5, 0.6) is 5.75 Å². The summed E-state index contributed by atoms with van der Waals surface area (Å²) in [4.78, 5) is 18.2. The molecule has 5 aromatic rings. The van der Waals surface area contributed by atoms with Gasteiger partial charge in [-0.3, -0.25) is 14.7 Å². The molecule has 0 aliphatic heterocycles. The number of furan rings is 1. The van der Waals surface area contributed by atoms with Crippen LogP contribution in [0.1, 0.15) is 16.9 Å². The Balaban J connectivity index is 1.47. The van der Waals surface area contributed by atoms with Crippen LogP contribution in [0.4, 0.5) is 5.95 Å². The van der Waals surface area contributed by atoms with E-state index in [0.717, 1.165) is 26.7 Å². The Bertz CT molecular complexity index is 1750. The normalized spacial score (nSPS) is 11.5. The van der Waals surface area contributed by atoms with Crippen LogP contribution in [-0.2, 0) is 21.4 Å². The van der Waals surface area contributed by atoms with E-state index in [2.05, 4.69) is 5.32 Å². The Morgan fingerprint density at radius 2 is 1.73 bits per heavy atom. The predicted molar refractivity (Wildman–Crippen MR) is 156 cm³/mol. The summed E-state index contributed by atoms with van der Waals surface area (Å²) in [6.07, 6.45) is 3.31. The second-order valence-corrected chi connectivity index (χ2v) is 11.5. The third-order valence-electron chi connectivity index (χ3n) is 6.72. The quantitative estimate of drug-likeness (QED) is 0.235. The largest absolute Gasteiger partial charge is 0.497 e. The Labute approximate surface area is 239 Å². The van der Waals surface area contributed by atoms with Crippen molar-refractivity contribution >= 4 is 21.9 Å². The zero-order chi connectivity index (χ0) is 29.0. The standard InChI is InChI=1S/C31H30N4O5S/c1-22-11-12-25(18-23(22)2)35-20-29(24-8-5-4-6-9-24)32-31(35)33-30(36)21-34(19-27-10-7-17-40-27)41(37,38)28-15-13-26(39-3)14-16-28/h4-18,20H,19,21H2,1-3H3,(H,32,33,36). The first-order valence-electron chi connectivity index (χ1n) is 12.9. The Morgan fingerprint density at radius 1 is 0.976 bits per heavy atom. The zero-order valence-electron chi connectivity index (χ0n) is 22.9. The summed E-state index contributed by atoms with van der Waals surface area (Å²) in [5.41, 5.74) is 4.59. The first-order chi connectivity index (χ1) is 19.7. The second kappa shape index (κ2) is 11.8. The van der Waals surface area contributed by atoms with Gasteiger partial charge < -0.3 is 9.15 Å². The van der Waals surface area contributed by atoms with Gasteiger partial charge in [-0.05, 0) is 73.5 Å². The topological polar surface area (TPSA) is 107 Å². The van der Waals surface area contributed by atoms with E-state index in [9.17, 15) is 13.2 Å². The number of rotatable bonds is 10. The molecule has 0 radical (unpaired) electrons. The molecule has 0 unspecified atom stereocenters. The molecule has 10 heteroatoms. The second-order valence-electron chi connectivity index (χ2n) is 9.53. The van der Waals surface area contributed by atoms with Crippen LogP contribution in [-0.4, -0.2) is 41.8 Å². The number of benzene rings is 3. The van der Waals surface area contributed by atoms with Crippen molar-refractivity contribution in [1.82, 2.24) is 13.9 Å². The fourth-order valence-electron chi connectivity index (χ4n) is 4.31. The Kier molecular flexibility index (Phi) is 8.04. The molecular weight excluding hydrogens is 540 g/mol. The fraction of sp³-hybridized carbons (Fsp3) is 0.161. The van der Waals surface area contributed by atoms with Crippen molar-refractivity contribution in [3.63, 3.8) is 0 Å². The Morgan fingerprint density at radius 3 is 2.39 bits per heavy atom. The number of aryl methyl sites for hydroxylation is 2. The number of anilines is 1. The minimum absolute atomic E-state index is 0.0284. The van der Waals surface area contributed by atoms with Gasteiger partial charge in [0.15, 0.2) is 0 Å². The van der Waals surface area contributed by atoms with Crippen molar-refractivity contribution in [2.45, 2.75) is 25.3 Å². The lowest BCUT2D eigenvalue weighted by molar-refractivity contribution is -0.116. The minimum atomic E-state index is -4.07. The number of carbonyl (C=O) groups is 1. The van der Waals surface area contributed by atoms with Crippen molar-refractivity contribution in [1.29, 1.82) is 0 Å². The summed E-state index contributed by atoms with van der Waals surface area (Å²) in [6, 6.07) is 24.9. The third-order valence-corrected chi connectivity index (χ3v) is 8.53. The Hall–Kier alpha value is -4.67. The molecule has 2 aromatic heterocycles. The maximum atomic E-state index is 13.6. The van der Waals surface area contributed by atoms with Gasteiger partial charge in [0.25, 0.3) is 0 Å². The maximum absolute atomic E-state index is 13.6. The highest BCUT2D eigenvalue weighted by molar-refractivity contribution is 7.89. The van der Waals surface area contributed by atoms with Crippen LogP contribution in [0, 0.1) is 13.8 Å². The van der Waals surface area contributed by atoms with E-state index in [1.807, 2.05) is 68.6 Å². The van der Waals surface area contributed by atoms with Gasteiger partial charge in [-0.15, -0.1) is 0 Å². The first kappa shape index (κ1) is 27.9. The first-order valence-corrected chi connectivity index (χ1v) is 14.4. The summed E-state index contributed by atoms with van der Waals surface area (Å²) < 4.78 is 40.7. The molecule has 41 heavy (non-hydrogen) atoms. The summed E-state index contributed by atoms with van der Waals surface area (Å²) in [6.45, 7) is 3.45. The van der Waals surface area contributed by atoms with Crippen molar-refractivity contribution < 1.29 is 22.4 Å². The molecule has 5 rings (SSSR count). The van der Waals surface area contributed by atoms with Crippen LogP contribution in [0.25, 0.3) is 16.9 Å². The number of aromatic nitrogens is 2. The number of ether oxygens (including phenoxy) is 1. The van der Waals surface area contributed by atoms with Crippen LogP contribution < -0.4 is 10.1 Å². The molecule has 9 nitrogen and oxygen atoms in total. The number of hydrogen-bond acceptors (Lipinski definition) is 6. The molecule has 0 bridgehead atoms. The lowest BCUT2D eigenvalue weighted by Gasteiger charge is -2.21. The molecule has 0 fully saturated rings. The molecule has 0 saturated heterocycles. The average molecular weight is 571 g/mol. The summed E-state index contributed by atoms with van der Waals surface area (Å²) in [5, 5.41) is 2.84. The molecule has 1 N–H and O–H groups in total. The van der Waals surface area contributed by atoms with Crippen molar-refractivity contribution in [3.05, 3.63) is 114 Å². The van der Waals surface area contributed by atoms with Gasteiger partial charge in [0.2, 0.25) is 21.9 Å². The number of nitrogens with one attached hydrogen (secondary N) is 1. The highest BCUT2D eigenvalue weighted by atomic mass is 32.2. The van der Waals surface area contributed by atoms with Gasteiger partial charge in [-0.2, -0.15) is 4.31 Å². The van der Waals surface area contributed by atoms with Crippen molar-refractivity contribution in [2.24, 2.45) is 0 Å². The monoisotopic (exact) mass is 570 g/mol. The zero-order valence-corrected chi connectivity index (χ0v) is 23.8. The molecule has 0 aliphatic rings. The number of amides is 1. The van der Waals surface area contributed by atoms with Crippen molar-refractivity contribution in [3.8, 4) is 22.7 Å². The molecule has 210 valence electrons. The van der Waals surface area contributed by atoms with Crippen molar-refractivity contribution in [2.75, 3.05) is 19.0 Å². The number of methoxy groups -OCH3 is 1. The van der Waals surface area contributed by atoms with Gasteiger partial charge in [-0.25, -0.2) is 13.4 Å². The summed E-state index contributed by atoms with van der Waals surface area (Å²) in [7, 11) is -2.57. The smallest absolute Gasteiger partial charge is 0.243 e. The van der Waals surface area contributed by atoms with Crippen LogP contribution in [0.15, 0.2) is 107 Å². The molecule has 0 atom stereocenters. The third kappa shape index (κ3) is 6.24. The fourth-order valence-corrected chi connectivity index (χ4v) is 5.67. The predicted octanol–water partition coefficient (Wildman–Crippen LogP) is 5.59. The van der Waals surface area contributed by atoms with E-state index in [-0.39, 0.29) is 17.4 Å². The van der Waals surface area contributed by atoms with Gasteiger partial charge in [0, 0.05) is 17.4 Å². The molecule has 0 spiro atoms. The summed E-state index contributed by atoms with van der Waals surface area (Å²) >= 11 is 0. The molecule has 0 aliphatic carbocycles. The van der Waals surface area contributed by atoms with E-state index in [1.54, 1.807) is 28.8 Å². The molecular formula is C31H30N4O5S. The van der Waals surface area contributed by atoms with E-state index in [4.69, 9.17) is 14.1 Å². The van der Waals surface area contributed by atoms with Gasteiger partial charge in [-0.1, -0.05) is 36.4 Å². The molecule has 1 amide bonds. The SMILES string of the molecule is COc1ccc(S(=O)(=O)N(CC(=O)Nc2nc(-c3ccccc3)cn2-c2ccc(C)c(C)c2)Cc2ccco2)cc1. The number of carbonyl (C=O) groups excluding carboxylic acids is 1. The summed E-state index contributed by atoms with van der Waals surface area (Å²) in [5.74, 6) is 0.644. The van der Waals surface area contributed by atoms with Crippen LogP contribution >= 0.6 is 0 Å². The van der Waals surface area contributed by atoms with Gasteiger partial charge in [0.05, 0.1) is 37.1 Å². The highest BCUT2D eigenvalue weighted by Crippen LogP contribution is 2.26. The highest BCUT2D eigenvalue weighted by Gasteiger charge is 2.28. The number of nitrogens with zero attached hydrogens (tertiary/aromatic N) is 3.